The third-order valence-corrected chi connectivity index (χ3v) is 2.27. The topological polar surface area (TPSA) is 40.0 Å². The standard InChI is InChI=1S/C8H14N4/c1-2-11-8(7-10-1)12-5-3-9-4-6-12/h1-2,8-9H,3-7H2. The third-order valence-electron chi connectivity index (χ3n) is 2.27. The lowest BCUT2D eigenvalue weighted by Gasteiger charge is -2.32. The minimum atomic E-state index is 0.303. The summed E-state index contributed by atoms with van der Waals surface area (Å²) < 4.78 is 0. The molecule has 0 aromatic carbocycles. The van der Waals surface area contributed by atoms with E-state index in [2.05, 4.69) is 20.2 Å². The molecule has 0 radical (unpaired) electrons. The van der Waals surface area contributed by atoms with Gasteiger partial charge in [-0.25, -0.2) is 0 Å². The van der Waals surface area contributed by atoms with Crippen LogP contribution in [0.15, 0.2) is 9.98 Å². The highest BCUT2D eigenvalue weighted by Crippen LogP contribution is 2.04. The molecule has 0 spiro atoms. The fraction of sp³-hybridized carbons (Fsp3) is 0.750. The normalized spacial score (nSPS) is 30.8. The van der Waals surface area contributed by atoms with E-state index in [0.29, 0.717) is 6.17 Å². The van der Waals surface area contributed by atoms with Gasteiger partial charge in [-0.15, -0.1) is 0 Å². The van der Waals surface area contributed by atoms with Crippen molar-refractivity contribution in [2.75, 3.05) is 32.7 Å². The first kappa shape index (κ1) is 7.89. The number of rotatable bonds is 1. The summed E-state index contributed by atoms with van der Waals surface area (Å²) in [5, 5.41) is 3.32. The monoisotopic (exact) mass is 166 g/mol. The molecule has 2 rings (SSSR count). The Morgan fingerprint density at radius 1 is 1.25 bits per heavy atom. The Hall–Kier alpha value is -0.740. The fourth-order valence-corrected chi connectivity index (χ4v) is 1.58. The van der Waals surface area contributed by atoms with Gasteiger partial charge in [0, 0.05) is 38.6 Å². The second-order valence-electron chi connectivity index (χ2n) is 3.08. The first-order valence-corrected chi connectivity index (χ1v) is 4.43. The van der Waals surface area contributed by atoms with Crippen molar-refractivity contribution in [1.82, 2.24) is 10.2 Å². The zero-order valence-corrected chi connectivity index (χ0v) is 7.11. The molecule has 0 aromatic rings. The number of nitrogens with zero attached hydrogens (tertiary/aromatic N) is 3. The number of piperazine rings is 1. The molecule has 12 heavy (non-hydrogen) atoms. The minimum absolute atomic E-state index is 0.303. The van der Waals surface area contributed by atoms with Crippen LogP contribution in [-0.4, -0.2) is 56.2 Å². The maximum absolute atomic E-state index is 4.38. The summed E-state index contributed by atoms with van der Waals surface area (Å²) in [5.41, 5.74) is 0. The van der Waals surface area contributed by atoms with Crippen molar-refractivity contribution < 1.29 is 0 Å². The maximum Gasteiger partial charge on any atom is 0.122 e. The average molecular weight is 166 g/mol. The zero-order valence-electron chi connectivity index (χ0n) is 7.11. The van der Waals surface area contributed by atoms with E-state index in [1.807, 2.05) is 0 Å². The lowest BCUT2D eigenvalue weighted by Crippen LogP contribution is -2.49. The van der Waals surface area contributed by atoms with E-state index in [-0.39, 0.29) is 0 Å². The Balaban J connectivity index is 1.90. The molecule has 2 aliphatic rings. The van der Waals surface area contributed by atoms with Gasteiger partial charge in [-0.05, 0) is 0 Å². The third kappa shape index (κ3) is 1.70. The van der Waals surface area contributed by atoms with Crippen molar-refractivity contribution in [3.05, 3.63) is 0 Å². The number of nitrogens with one attached hydrogen (secondary N) is 1. The van der Waals surface area contributed by atoms with E-state index >= 15 is 0 Å². The molecule has 2 heterocycles. The number of aliphatic imine (C=N–C) groups is 2. The van der Waals surface area contributed by atoms with E-state index in [1.54, 1.807) is 12.4 Å². The van der Waals surface area contributed by atoms with Crippen LogP contribution in [0.3, 0.4) is 0 Å². The molecule has 66 valence electrons. The second-order valence-corrected chi connectivity index (χ2v) is 3.08. The molecule has 1 saturated heterocycles. The predicted octanol–water partition coefficient (Wildman–Crippen LogP) is -0.627. The smallest absolute Gasteiger partial charge is 0.122 e. The SMILES string of the molecule is C1=NCC(N2CCNCC2)N=C1. The summed E-state index contributed by atoms with van der Waals surface area (Å²) in [6.07, 6.45) is 3.88. The molecule has 1 fully saturated rings. The van der Waals surface area contributed by atoms with Crippen molar-refractivity contribution in [2.45, 2.75) is 6.17 Å². The van der Waals surface area contributed by atoms with E-state index in [0.717, 1.165) is 32.7 Å². The van der Waals surface area contributed by atoms with Gasteiger partial charge in [0.25, 0.3) is 0 Å². The van der Waals surface area contributed by atoms with Crippen LogP contribution in [0, 0.1) is 0 Å². The van der Waals surface area contributed by atoms with Crippen LogP contribution in [0.4, 0.5) is 0 Å². The highest BCUT2D eigenvalue weighted by Gasteiger charge is 2.19. The summed E-state index contributed by atoms with van der Waals surface area (Å²) in [6.45, 7) is 5.18. The minimum Gasteiger partial charge on any atom is -0.314 e. The van der Waals surface area contributed by atoms with Gasteiger partial charge in [0.05, 0.1) is 6.54 Å². The van der Waals surface area contributed by atoms with E-state index in [1.165, 1.54) is 0 Å². The molecule has 1 N–H and O–H groups in total. The van der Waals surface area contributed by atoms with Crippen LogP contribution in [0.1, 0.15) is 0 Å². The van der Waals surface area contributed by atoms with Crippen molar-refractivity contribution in [2.24, 2.45) is 9.98 Å². The molecule has 0 aliphatic carbocycles. The summed E-state index contributed by atoms with van der Waals surface area (Å²) in [4.78, 5) is 11.0. The lowest BCUT2D eigenvalue weighted by atomic mass is 10.3. The van der Waals surface area contributed by atoms with Crippen LogP contribution in [0.5, 0.6) is 0 Å². The summed E-state index contributed by atoms with van der Waals surface area (Å²) in [6, 6.07) is 0. The van der Waals surface area contributed by atoms with E-state index < -0.39 is 0 Å². The summed E-state index contributed by atoms with van der Waals surface area (Å²) in [7, 11) is 0. The summed E-state index contributed by atoms with van der Waals surface area (Å²) in [5.74, 6) is 0. The lowest BCUT2D eigenvalue weighted by molar-refractivity contribution is 0.182. The summed E-state index contributed by atoms with van der Waals surface area (Å²) >= 11 is 0. The molecule has 0 bridgehead atoms. The molecule has 4 nitrogen and oxygen atoms in total. The van der Waals surface area contributed by atoms with Gasteiger partial charge < -0.3 is 5.32 Å². The molecule has 1 atom stereocenters. The Kier molecular flexibility index (Phi) is 2.48. The van der Waals surface area contributed by atoms with E-state index in [9.17, 15) is 0 Å². The molecule has 1 unspecified atom stereocenters. The molecular formula is C8H14N4. The average Bonchev–Trinajstić information content (AvgIpc) is 2.21. The quantitative estimate of drug-likeness (QED) is 0.563. The number of hydrogen-bond acceptors (Lipinski definition) is 4. The highest BCUT2D eigenvalue weighted by molar-refractivity contribution is 6.16. The highest BCUT2D eigenvalue weighted by atomic mass is 15.3. The van der Waals surface area contributed by atoms with Crippen molar-refractivity contribution >= 4 is 12.4 Å². The first-order chi connectivity index (χ1) is 5.97. The van der Waals surface area contributed by atoms with E-state index in [4.69, 9.17) is 0 Å². The van der Waals surface area contributed by atoms with Gasteiger partial charge in [0.15, 0.2) is 0 Å². The number of hydrogen-bond donors (Lipinski definition) is 1. The Morgan fingerprint density at radius 3 is 2.75 bits per heavy atom. The van der Waals surface area contributed by atoms with Crippen LogP contribution in [0.25, 0.3) is 0 Å². The molecule has 0 aromatic heterocycles. The first-order valence-electron chi connectivity index (χ1n) is 4.43. The van der Waals surface area contributed by atoms with Crippen LogP contribution >= 0.6 is 0 Å². The van der Waals surface area contributed by atoms with Gasteiger partial charge in [0.2, 0.25) is 0 Å². The Labute approximate surface area is 72.4 Å². The van der Waals surface area contributed by atoms with Crippen LogP contribution in [0.2, 0.25) is 0 Å². The largest absolute Gasteiger partial charge is 0.314 e. The molecule has 2 aliphatic heterocycles. The molecular weight excluding hydrogens is 152 g/mol. The zero-order chi connectivity index (χ0) is 8.23. The Morgan fingerprint density at radius 2 is 2.08 bits per heavy atom. The van der Waals surface area contributed by atoms with Crippen molar-refractivity contribution in [3.8, 4) is 0 Å². The molecule has 4 heteroatoms. The van der Waals surface area contributed by atoms with Gasteiger partial charge >= 0.3 is 0 Å². The predicted molar refractivity (Wildman–Crippen MR) is 50.1 cm³/mol. The van der Waals surface area contributed by atoms with Gasteiger partial charge in [-0.1, -0.05) is 0 Å². The van der Waals surface area contributed by atoms with Crippen molar-refractivity contribution in [1.29, 1.82) is 0 Å². The van der Waals surface area contributed by atoms with Crippen LogP contribution < -0.4 is 5.32 Å². The maximum atomic E-state index is 4.38. The second kappa shape index (κ2) is 3.78. The van der Waals surface area contributed by atoms with Crippen LogP contribution in [-0.2, 0) is 0 Å². The fourth-order valence-electron chi connectivity index (χ4n) is 1.58. The van der Waals surface area contributed by atoms with Crippen molar-refractivity contribution in [3.63, 3.8) is 0 Å². The van der Waals surface area contributed by atoms with Gasteiger partial charge in [-0.2, -0.15) is 0 Å². The van der Waals surface area contributed by atoms with Gasteiger partial charge in [-0.3, -0.25) is 14.9 Å². The molecule has 0 saturated carbocycles. The van der Waals surface area contributed by atoms with Gasteiger partial charge in [0.1, 0.15) is 6.17 Å². The Bertz CT molecular complexity index is 193. The molecule has 0 amide bonds.